The zero-order chi connectivity index (χ0) is 14.3. The van der Waals surface area contributed by atoms with Crippen LogP contribution < -0.4 is 11.1 Å². The molecule has 0 aliphatic heterocycles. The molecule has 0 bridgehead atoms. The van der Waals surface area contributed by atoms with Gasteiger partial charge in [0.25, 0.3) is 0 Å². The van der Waals surface area contributed by atoms with Crippen molar-refractivity contribution in [3.8, 4) is 0 Å². The fourth-order valence-electron chi connectivity index (χ4n) is 2.32. The van der Waals surface area contributed by atoms with Gasteiger partial charge in [0.05, 0.1) is 5.54 Å². The number of primary amides is 1. The van der Waals surface area contributed by atoms with Crippen molar-refractivity contribution in [1.82, 2.24) is 10.2 Å². The van der Waals surface area contributed by atoms with Crippen LogP contribution in [-0.4, -0.2) is 42.5 Å². The zero-order valence-electron chi connectivity index (χ0n) is 12.9. The van der Waals surface area contributed by atoms with Crippen molar-refractivity contribution in [3.05, 3.63) is 0 Å². The Bertz CT molecular complexity index is 253. The van der Waals surface area contributed by atoms with Crippen molar-refractivity contribution in [2.45, 2.75) is 59.0 Å². The normalized spacial score (nSPS) is 15.4. The Labute approximate surface area is 112 Å². The minimum absolute atomic E-state index is 0.260. The first-order valence-corrected chi connectivity index (χ1v) is 6.93. The van der Waals surface area contributed by atoms with Gasteiger partial charge < -0.3 is 16.0 Å². The molecule has 0 aliphatic carbocycles. The van der Waals surface area contributed by atoms with E-state index in [0.29, 0.717) is 5.92 Å². The van der Waals surface area contributed by atoms with E-state index in [0.717, 1.165) is 25.9 Å². The van der Waals surface area contributed by atoms with Crippen LogP contribution in [0.1, 0.15) is 47.5 Å². The second kappa shape index (κ2) is 7.74. The first kappa shape index (κ1) is 17.4. The number of hydrogen-bond donors (Lipinski definition) is 2. The van der Waals surface area contributed by atoms with Gasteiger partial charge in [-0.25, -0.2) is 0 Å². The minimum Gasteiger partial charge on any atom is -0.368 e. The second-order valence-electron chi connectivity index (χ2n) is 6.26. The predicted octanol–water partition coefficient (Wildman–Crippen LogP) is 1.60. The molecule has 0 aromatic heterocycles. The van der Waals surface area contributed by atoms with Crippen molar-refractivity contribution in [2.24, 2.45) is 11.7 Å². The Balaban J connectivity index is 4.17. The molecule has 4 nitrogen and oxygen atoms in total. The summed E-state index contributed by atoms with van der Waals surface area (Å²) in [5.41, 5.74) is 4.91. The summed E-state index contributed by atoms with van der Waals surface area (Å²) in [4.78, 5) is 13.9. The molecule has 0 aliphatic rings. The van der Waals surface area contributed by atoms with E-state index in [1.165, 1.54) is 0 Å². The maximum absolute atomic E-state index is 11.6. The van der Waals surface area contributed by atoms with Crippen LogP contribution in [0.2, 0.25) is 0 Å². The summed E-state index contributed by atoms with van der Waals surface area (Å²) in [6, 6.07) is 0.260. The molecule has 0 rings (SSSR count). The van der Waals surface area contributed by atoms with Crippen LogP contribution in [0.3, 0.4) is 0 Å². The lowest BCUT2D eigenvalue weighted by Gasteiger charge is -2.30. The summed E-state index contributed by atoms with van der Waals surface area (Å²) in [7, 11) is 2.12. The molecule has 0 saturated carbocycles. The van der Waals surface area contributed by atoms with Crippen molar-refractivity contribution < 1.29 is 4.79 Å². The van der Waals surface area contributed by atoms with Crippen molar-refractivity contribution in [3.63, 3.8) is 0 Å². The number of nitrogens with one attached hydrogen (secondary N) is 1. The first-order chi connectivity index (χ1) is 8.17. The molecule has 4 heteroatoms. The summed E-state index contributed by atoms with van der Waals surface area (Å²) in [5.74, 6) is 0.411. The molecule has 0 radical (unpaired) electrons. The average Bonchev–Trinajstić information content (AvgIpc) is 2.14. The van der Waals surface area contributed by atoms with Gasteiger partial charge in [-0.1, -0.05) is 13.8 Å². The molecule has 0 saturated heterocycles. The van der Waals surface area contributed by atoms with Gasteiger partial charge in [0.2, 0.25) is 5.91 Å². The highest BCUT2D eigenvalue weighted by atomic mass is 16.1. The van der Waals surface area contributed by atoms with E-state index in [-0.39, 0.29) is 11.9 Å². The molecule has 108 valence electrons. The Hall–Kier alpha value is -0.610. The highest BCUT2D eigenvalue weighted by Crippen LogP contribution is 2.13. The van der Waals surface area contributed by atoms with Crippen LogP contribution >= 0.6 is 0 Å². The SMILES string of the molecule is CC(C)CN(C)CCCC(C)(NC(C)C)C(N)=O. The second-order valence-corrected chi connectivity index (χ2v) is 6.26. The van der Waals surface area contributed by atoms with Crippen LogP contribution in [0, 0.1) is 5.92 Å². The average molecular weight is 257 g/mol. The van der Waals surface area contributed by atoms with Gasteiger partial charge in [-0.3, -0.25) is 4.79 Å². The van der Waals surface area contributed by atoms with Gasteiger partial charge in [0.15, 0.2) is 0 Å². The number of rotatable bonds is 9. The number of nitrogens with two attached hydrogens (primary N) is 1. The van der Waals surface area contributed by atoms with Gasteiger partial charge in [0, 0.05) is 12.6 Å². The summed E-state index contributed by atoms with van der Waals surface area (Å²) in [6.45, 7) is 12.5. The third kappa shape index (κ3) is 6.97. The number of carbonyl (C=O) groups excluding carboxylic acids is 1. The Morgan fingerprint density at radius 1 is 1.33 bits per heavy atom. The summed E-state index contributed by atoms with van der Waals surface area (Å²) in [5, 5.41) is 3.28. The lowest BCUT2D eigenvalue weighted by molar-refractivity contribution is -0.124. The van der Waals surface area contributed by atoms with Crippen LogP contribution in [0.5, 0.6) is 0 Å². The maximum Gasteiger partial charge on any atom is 0.237 e. The van der Waals surface area contributed by atoms with Gasteiger partial charge in [0.1, 0.15) is 0 Å². The van der Waals surface area contributed by atoms with E-state index in [1.807, 2.05) is 20.8 Å². The zero-order valence-corrected chi connectivity index (χ0v) is 12.9. The third-order valence-electron chi connectivity index (χ3n) is 3.04. The van der Waals surface area contributed by atoms with E-state index >= 15 is 0 Å². The Morgan fingerprint density at radius 3 is 2.28 bits per heavy atom. The number of hydrogen-bond acceptors (Lipinski definition) is 3. The molecule has 0 spiro atoms. The van der Waals surface area contributed by atoms with E-state index in [9.17, 15) is 4.79 Å². The van der Waals surface area contributed by atoms with Gasteiger partial charge >= 0.3 is 0 Å². The van der Waals surface area contributed by atoms with E-state index in [4.69, 9.17) is 5.73 Å². The largest absolute Gasteiger partial charge is 0.368 e. The standard InChI is InChI=1S/C14H31N3O/c1-11(2)10-17(6)9-7-8-14(5,13(15)18)16-12(3)4/h11-12,16H,7-10H2,1-6H3,(H2,15,18). The third-order valence-corrected chi connectivity index (χ3v) is 3.04. The molecule has 0 heterocycles. The van der Waals surface area contributed by atoms with Crippen LogP contribution in [-0.2, 0) is 4.79 Å². The lowest BCUT2D eigenvalue weighted by atomic mass is 9.93. The van der Waals surface area contributed by atoms with Crippen LogP contribution in [0.4, 0.5) is 0 Å². The molecule has 1 unspecified atom stereocenters. The van der Waals surface area contributed by atoms with Crippen LogP contribution in [0.25, 0.3) is 0 Å². The Morgan fingerprint density at radius 2 is 1.89 bits per heavy atom. The lowest BCUT2D eigenvalue weighted by Crippen LogP contribution is -2.55. The van der Waals surface area contributed by atoms with E-state index in [2.05, 4.69) is 31.1 Å². The van der Waals surface area contributed by atoms with Gasteiger partial charge in [-0.2, -0.15) is 0 Å². The fraction of sp³-hybridized carbons (Fsp3) is 0.929. The first-order valence-electron chi connectivity index (χ1n) is 6.93. The maximum atomic E-state index is 11.6. The van der Waals surface area contributed by atoms with Crippen LogP contribution in [0.15, 0.2) is 0 Å². The van der Waals surface area contributed by atoms with Gasteiger partial charge in [-0.05, 0) is 53.1 Å². The fourth-order valence-corrected chi connectivity index (χ4v) is 2.32. The number of amides is 1. The highest BCUT2D eigenvalue weighted by Gasteiger charge is 2.30. The minimum atomic E-state index is -0.590. The van der Waals surface area contributed by atoms with E-state index < -0.39 is 5.54 Å². The predicted molar refractivity (Wildman–Crippen MR) is 77.4 cm³/mol. The molecular formula is C14H31N3O. The molecule has 1 atom stereocenters. The molecular weight excluding hydrogens is 226 g/mol. The molecule has 0 aromatic carbocycles. The van der Waals surface area contributed by atoms with Gasteiger partial charge in [-0.15, -0.1) is 0 Å². The molecule has 0 fully saturated rings. The van der Waals surface area contributed by atoms with Crippen molar-refractivity contribution in [2.75, 3.05) is 20.1 Å². The summed E-state index contributed by atoms with van der Waals surface area (Å²) >= 11 is 0. The quantitative estimate of drug-likeness (QED) is 0.659. The highest BCUT2D eigenvalue weighted by molar-refractivity contribution is 5.84. The molecule has 0 aromatic rings. The van der Waals surface area contributed by atoms with Crippen molar-refractivity contribution >= 4 is 5.91 Å². The number of nitrogens with zero attached hydrogens (tertiary/aromatic N) is 1. The van der Waals surface area contributed by atoms with E-state index in [1.54, 1.807) is 0 Å². The molecule has 18 heavy (non-hydrogen) atoms. The number of carbonyl (C=O) groups is 1. The topological polar surface area (TPSA) is 58.4 Å². The smallest absolute Gasteiger partial charge is 0.237 e. The monoisotopic (exact) mass is 257 g/mol. The Kier molecular flexibility index (Phi) is 7.48. The molecule has 1 amide bonds. The molecule has 3 N–H and O–H groups in total. The summed E-state index contributed by atoms with van der Waals surface area (Å²) in [6.07, 6.45) is 1.76. The summed E-state index contributed by atoms with van der Waals surface area (Å²) < 4.78 is 0. The van der Waals surface area contributed by atoms with Crippen molar-refractivity contribution in [1.29, 1.82) is 0 Å².